The van der Waals surface area contributed by atoms with Crippen LogP contribution in [0.25, 0.3) is 58.8 Å². The molecule has 0 amide bonds. The van der Waals surface area contributed by atoms with E-state index in [9.17, 15) is 0 Å². The molecule has 3 nitrogen and oxygen atoms in total. The average molecular weight is 698 g/mol. The number of rotatable bonds is 4. The molecule has 7 aromatic carbocycles. The Morgan fingerprint density at radius 3 is 2.17 bits per heavy atom. The van der Waals surface area contributed by atoms with Crippen molar-refractivity contribution in [2.45, 2.75) is 31.7 Å². The van der Waals surface area contributed by atoms with Crippen molar-refractivity contribution in [3.05, 3.63) is 186 Å². The van der Waals surface area contributed by atoms with Crippen molar-refractivity contribution in [1.82, 2.24) is 4.57 Å². The topological polar surface area (TPSA) is 29.6 Å². The summed E-state index contributed by atoms with van der Waals surface area (Å²) >= 11 is 1.94. The molecular formula is C49H35N3S. The fourth-order valence-corrected chi connectivity index (χ4v) is 10.4. The van der Waals surface area contributed by atoms with Gasteiger partial charge in [0.2, 0.25) is 0 Å². The molecule has 1 aliphatic carbocycles. The Morgan fingerprint density at radius 2 is 1.34 bits per heavy atom. The third-order valence-electron chi connectivity index (χ3n) is 11.5. The van der Waals surface area contributed by atoms with Crippen LogP contribution in [0.15, 0.2) is 168 Å². The third-order valence-corrected chi connectivity index (χ3v) is 12.7. The number of aliphatic imine (C=N–C) groups is 2. The second kappa shape index (κ2) is 11.4. The molecule has 11 rings (SSSR count). The number of amidine groups is 1. The molecule has 1 unspecified atom stereocenters. The van der Waals surface area contributed by atoms with Gasteiger partial charge >= 0.3 is 0 Å². The molecule has 4 heteroatoms. The van der Waals surface area contributed by atoms with E-state index in [4.69, 9.17) is 9.98 Å². The number of para-hydroxylation sites is 1. The molecule has 53 heavy (non-hydrogen) atoms. The third kappa shape index (κ3) is 4.58. The van der Waals surface area contributed by atoms with E-state index in [1.165, 1.54) is 69.8 Å². The summed E-state index contributed by atoms with van der Waals surface area (Å²) in [5, 5.41) is 5.23. The largest absolute Gasteiger partial charge is 0.309 e. The van der Waals surface area contributed by atoms with Gasteiger partial charge in [0, 0.05) is 54.0 Å². The molecule has 0 bridgehead atoms. The van der Waals surface area contributed by atoms with E-state index in [1.807, 2.05) is 11.3 Å². The summed E-state index contributed by atoms with van der Waals surface area (Å²) in [7, 11) is 0. The zero-order valence-electron chi connectivity index (χ0n) is 29.5. The minimum Gasteiger partial charge on any atom is -0.309 e. The Labute approximate surface area is 312 Å². The van der Waals surface area contributed by atoms with Gasteiger partial charge < -0.3 is 4.57 Å². The second-order valence-corrected chi connectivity index (χ2v) is 16.0. The fourth-order valence-electron chi connectivity index (χ4n) is 8.98. The number of nitrogens with zero attached hydrogens (tertiary/aromatic N) is 3. The predicted octanol–water partition coefficient (Wildman–Crippen LogP) is 12.8. The summed E-state index contributed by atoms with van der Waals surface area (Å²) in [5.41, 5.74) is 13.6. The molecule has 1 aliphatic heterocycles. The van der Waals surface area contributed by atoms with Crippen LogP contribution in [0.3, 0.4) is 0 Å². The lowest BCUT2D eigenvalue weighted by molar-refractivity contribution is 0.667. The molecular weight excluding hydrogens is 663 g/mol. The van der Waals surface area contributed by atoms with Crippen molar-refractivity contribution in [3.8, 4) is 16.8 Å². The van der Waals surface area contributed by atoms with Crippen LogP contribution in [-0.4, -0.2) is 16.1 Å². The highest BCUT2D eigenvalue weighted by Gasteiger charge is 2.37. The first-order valence-corrected chi connectivity index (χ1v) is 19.2. The molecule has 2 aliphatic rings. The van der Waals surface area contributed by atoms with Crippen LogP contribution in [0.1, 0.15) is 54.1 Å². The van der Waals surface area contributed by atoms with Gasteiger partial charge in [-0.3, -0.25) is 4.99 Å². The van der Waals surface area contributed by atoms with Crippen molar-refractivity contribution >= 4 is 64.9 Å². The van der Waals surface area contributed by atoms with Crippen molar-refractivity contribution in [2.24, 2.45) is 9.98 Å². The number of aromatic nitrogens is 1. The highest BCUT2D eigenvalue weighted by molar-refractivity contribution is 7.26. The Morgan fingerprint density at radius 1 is 0.604 bits per heavy atom. The Hall–Kier alpha value is -6.10. The first-order chi connectivity index (χ1) is 26.0. The summed E-state index contributed by atoms with van der Waals surface area (Å²) in [6, 6.07) is 57.3. The quantitative estimate of drug-likeness (QED) is 0.175. The molecule has 3 heterocycles. The van der Waals surface area contributed by atoms with Crippen molar-refractivity contribution < 1.29 is 0 Å². The average Bonchev–Trinajstić information content (AvgIpc) is 3.82. The molecule has 252 valence electrons. The molecule has 0 N–H and O–H groups in total. The maximum atomic E-state index is 5.22. The molecule has 0 fully saturated rings. The summed E-state index contributed by atoms with van der Waals surface area (Å²) in [5.74, 6) is 0.780. The zero-order valence-corrected chi connectivity index (χ0v) is 30.4. The smallest absolute Gasteiger partial charge is 0.155 e. The number of fused-ring (bicyclic) bond motifs is 10. The van der Waals surface area contributed by atoms with Crippen LogP contribution in [0.4, 0.5) is 0 Å². The van der Waals surface area contributed by atoms with Gasteiger partial charge in [-0.05, 0) is 75.8 Å². The highest BCUT2D eigenvalue weighted by atomic mass is 32.1. The van der Waals surface area contributed by atoms with Gasteiger partial charge in [-0.25, -0.2) is 4.99 Å². The van der Waals surface area contributed by atoms with Crippen LogP contribution in [0, 0.1) is 0 Å². The van der Waals surface area contributed by atoms with Gasteiger partial charge in [0.15, 0.2) is 5.84 Å². The van der Waals surface area contributed by atoms with Crippen LogP contribution < -0.4 is 0 Å². The van der Waals surface area contributed by atoms with E-state index in [2.05, 4.69) is 176 Å². The molecule has 0 saturated heterocycles. The van der Waals surface area contributed by atoms with Gasteiger partial charge in [-0.2, -0.15) is 0 Å². The number of thiophene rings is 1. The molecule has 0 radical (unpaired) electrons. The van der Waals surface area contributed by atoms with Gasteiger partial charge in [0.25, 0.3) is 0 Å². The van der Waals surface area contributed by atoms with Crippen LogP contribution in [0.2, 0.25) is 0 Å². The monoisotopic (exact) mass is 697 g/mol. The number of hydrogen-bond donors (Lipinski definition) is 0. The molecule has 9 aromatic rings. The number of benzene rings is 7. The molecule has 2 aromatic heterocycles. The van der Waals surface area contributed by atoms with E-state index in [-0.39, 0.29) is 11.5 Å². The first kappa shape index (κ1) is 30.5. The van der Waals surface area contributed by atoms with Crippen molar-refractivity contribution in [2.75, 3.05) is 0 Å². The van der Waals surface area contributed by atoms with Crippen LogP contribution >= 0.6 is 11.3 Å². The maximum Gasteiger partial charge on any atom is 0.155 e. The van der Waals surface area contributed by atoms with E-state index >= 15 is 0 Å². The molecule has 1 atom stereocenters. The van der Waals surface area contributed by atoms with Crippen molar-refractivity contribution in [3.63, 3.8) is 0 Å². The van der Waals surface area contributed by atoms with Gasteiger partial charge in [-0.1, -0.05) is 129 Å². The summed E-state index contributed by atoms with van der Waals surface area (Å²) < 4.78 is 5.15. The lowest BCUT2D eigenvalue weighted by Crippen LogP contribution is -2.17. The van der Waals surface area contributed by atoms with Gasteiger partial charge in [0.1, 0.15) is 0 Å². The fraction of sp³-hybridized carbons (Fsp3) is 0.102. The second-order valence-electron chi connectivity index (χ2n) is 14.9. The SMILES string of the molecule is CC1(C)c2ccccc2-c2ccc3c(sc4cc5c(cc43)c3ccccc3n5-c3ccc(C4=NC(c5ccccc5)CC(c5ccccc5)=N4)cc3)c21. The van der Waals surface area contributed by atoms with Gasteiger partial charge in [0.05, 0.1) is 22.8 Å². The highest BCUT2D eigenvalue weighted by Crippen LogP contribution is 2.54. The summed E-state index contributed by atoms with van der Waals surface area (Å²) in [4.78, 5) is 10.4. The lowest BCUT2D eigenvalue weighted by atomic mass is 9.82. The van der Waals surface area contributed by atoms with E-state index < -0.39 is 0 Å². The molecule has 0 saturated carbocycles. The molecule has 0 spiro atoms. The van der Waals surface area contributed by atoms with E-state index in [1.54, 1.807) is 0 Å². The standard InChI is InChI=1S/C49H35N3S/c1-49(2)40-19-11-9-17-34(40)36-25-26-37-39-27-38-35-18-10-12-20-43(35)52(44(38)29-45(39)53-47(37)46(36)49)33-23-21-32(22-24-33)48-50-41(30-13-5-3-6-14-30)28-42(51-48)31-15-7-4-8-16-31/h3-27,29,41H,28H2,1-2H3. The predicted molar refractivity (Wildman–Crippen MR) is 225 cm³/mol. The Balaban J connectivity index is 1.06. The summed E-state index contributed by atoms with van der Waals surface area (Å²) in [6.07, 6.45) is 0.774. The summed E-state index contributed by atoms with van der Waals surface area (Å²) in [6.45, 7) is 4.77. The normalized spacial score (nSPS) is 16.2. The lowest BCUT2D eigenvalue weighted by Gasteiger charge is -2.22. The Bertz CT molecular complexity index is 2980. The maximum absolute atomic E-state index is 5.22. The Kier molecular flexibility index (Phi) is 6.59. The first-order valence-electron chi connectivity index (χ1n) is 18.4. The van der Waals surface area contributed by atoms with Crippen LogP contribution in [0.5, 0.6) is 0 Å². The zero-order chi connectivity index (χ0) is 35.3. The van der Waals surface area contributed by atoms with Crippen LogP contribution in [-0.2, 0) is 5.41 Å². The van der Waals surface area contributed by atoms with E-state index in [0.29, 0.717) is 0 Å². The van der Waals surface area contributed by atoms with Crippen molar-refractivity contribution in [1.29, 1.82) is 0 Å². The minimum atomic E-state index is -0.0505. The van der Waals surface area contributed by atoms with Gasteiger partial charge in [-0.15, -0.1) is 11.3 Å². The minimum absolute atomic E-state index is 0.0145. The van der Waals surface area contributed by atoms with E-state index in [0.717, 1.165) is 34.8 Å². The number of hydrogen-bond acceptors (Lipinski definition) is 3.